The number of pyridine rings is 1. The minimum Gasteiger partial charge on any atom is -0.496 e. The molecular formula is C16H19N3O. The third kappa shape index (κ3) is 3.00. The fourth-order valence-electron chi connectivity index (χ4n) is 2.26. The Morgan fingerprint density at radius 1 is 1.40 bits per heavy atom. The van der Waals surface area contributed by atoms with Crippen LogP contribution in [0.3, 0.4) is 0 Å². The molecule has 0 amide bonds. The summed E-state index contributed by atoms with van der Waals surface area (Å²) in [7, 11) is 1.68. The quantitative estimate of drug-likeness (QED) is 0.813. The van der Waals surface area contributed by atoms with Gasteiger partial charge in [0, 0.05) is 36.2 Å². The standard InChI is InChI=1S/C16H19N3O/c1-12-13-7-6-10-19-16(13)14(11-15(12)20-2)18-9-5-3-4-8-17/h6-7,10-11,18H,3-5,9H2,1-2H3. The molecule has 0 aliphatic rings. The Morgan fingerprint density at radius 2 is 2.25 bits per heavy atom. The molecule has 2 aromatic rings. The van der Waals surface area contributed by atoms with Gasteiger partial charge in [0.25, 0.3) is 0 Å². The number of hydrogen-bond acceptors (Lipinski definition) is 4. The van der Waals surface area contributed by atoms with E-state index >= 15 is 0 Å². The summed E-state index contributed by atoms with van der Waals surface area (Å²) in [5, 5.41) is 13.0. The van der Waals surface area contributed by atoms with Gasteiger partial charge in [0.15, 0.2) is 0 Å². The molecule has 0 atom stereocenters. The largest absolute Gasteiger partial charge is 0.496 e. The number of unbranched alkanes of at least 4 members (excludes halogenated alkanes) is 2. The molecule has 1 N–H and O–H groups in total. The maximum Gasteiger partial charge on any atom is 0.124 e. The number of aryl methyl sites for hydroxylation is 1. The number of nitriles is 1. The zero-order chi connectivity index (χ0) is 14.4. The van der Waals surface area contributed by atoms with E-state index in [9.17, 15) is 0 Å². The number of fused-ring (bicyclic) bond motifs is 1. The van der Waals surface area contributed by atoms with E-state index in [-0.39, 0.29) is 0 Å². The van der Waals surface area contributed by atoms with Crippen molar-refractivity contribution in [2.24, 2.45) is 0 Å². The topological polar surface area (TPSA) is 57.9 Å². The van der Waals surface area contributed by atoms with Gasteiger partial charge in [-0.05, 0) is 25.8 Å². The van der Waals surface area contributed by atoms with Crippen LogP contribution < -0.4 is 10.1 Å². The van der Waals surface area contributed by atoms with Crippen molar-refractivity contribution in [3.8, 4) is 11.8 Å². The number of aromatic nitrogens is 1. The van der Waals surface area contributed by atoms with Crippen molar-refractivity contribution in [2.75, 3.05) is 19.0 Å². The molecule has 0 fully saturated rings. The molecule has 0 spiro atoms. The summed E-state index contributed by atoms with van der Waals surface area (Å²) in [6, 6.07) is 8.15. The first-order chi connectivity index (χ1) is 9.77. The zero-order valence-electron chi connectivity index (χ0n) is 11.9. The van der Waals surface area contributed by atoms with Crippen molar-refractivity contribution in [3.63, 3.8) is 0 Å². The van der Waals surface area contributed by atoms with Gasteiger partial charge in [-0.15, -0.1) is 0 Å². The lowest BCUT2D eigenvalue weighted by Gasteiger charge is -2.14. The Morgan fingerprint density at radius 3 is 3.00 bits per heavy atom. The number of hydrogen-bond donors (Lipinski definition) is 1. The van der Waals surface area contributed by atoms with Crippen LogP contribution in [0.1, 0.15) is 24.8 Å². The van der Waals surface area contributed by atoms with Crippen molar-refractivity contribution >= 4 is 16.6 Å². The van der Waals surface area contributed by atoms with Gasteiger partial charge in [-0.3, -0.25) is 4.98 Å². The number of nitrogens with one attached hydrogen (secondary N) is 1. The molecule has 0 unspecified atom stereocenters. The lowest BCUT2D eigenvalue weighted by molar-refractivity contribution is 0.412. The summed E-state index contributed by atoms with van der Waals surface area (Å²) in [6.45, 7) is 2.87. The van der Waals surface area contributed by atoms with Gasteiger partial charge in [-0.25, -0.2) is 0 Å². The normalized spacial score (nSPS) is 10.2. The van der Waals surface area contributed by atoms with Gasteiger partial charge in [-0.2, -0.15) is 5.26 Å². The van der Waals surface area contributed by atoms with Crippen LogP contribution in [0.5, 0.6) is 5.75 Å². The first-order valence-corrected chi connectivity index (χ1v) is 6.81. The Hall–Kier alpha value is -2.28. The summed E-state index contributed by atoms with van der Waals surface area (Å²) in [4.78, 5) is 4.46. The first kappa shape index (κ1) is 14.1. The fourth-order valence-corrected chi connectivity index (χ4v) is 2.26. The van der Waals surface area contributed by atoms with Crippen molar-refractivity contribution in [1.82, 2.24) is 4.98 Å². The van der Waals surface area contributed by atoms with Gasteiger partial charge in [-0.1, -0.05) is 6.07 Å². The minimum atomic E-state index is 0.609. The predicted molar refractivity (Wildman–Crippen MR) is 81.0 cm³/mol. The zero-order valence-corrected chi connectivity index (χ0v) is 11.9. The molecule has 1 aromatic carbocycles. The molecule has 104 valence electrons. The van der Waals surface area contributed by atoms with Crippen molar-refractivity contribution in [2.45, 2.75) is 26.2 Å². The van der Waals surface area contributed by atoms with Gasteiger partial charge in [0.1, 0.15) is 5.75 Å². The number of methoxy groups -OCH3 is 1. The SMILES string of the molecule is COc1cc(NCCCCC#N)c2ncccc2c1C. The highest BCUT2D eigenvalue weighted by atomic mass is 16.5. The van der Waals surface area contributed by atoms with Crippen LogP contribution in [-0.2, 0) is 0 Å². The lowest BCUT2D eigenvalue weighted by Crippen LogP contribution is -2.03. The molecule has 0 aliphatic carbocycles. The molecule has 2 rings (SSSR count). The smallest absolute Gasteiger partial charge is 0.124 e. The number of rotatable bonds is 6. The van der Waals surface area contributed by atoms with Crippen LogP contribution in [0.15, 0.2) is 24.4 Å². The Balaban J connectivity index is 2.23. The number of ether oxygens (including phenoxy) is 1. The highest BCUT2D eigenvalue weighted by Gasteiger charge is 2.09. The van der Waals surface area contributed by atoms with Crippen LogP contribution in [-0.4, -0.2) is 18.6 Å². The van der Waals surface area contributed by atoms with E-state index in [1.165, 1.54) is 0 Å². The lowest BCUT2D eigenvalue weighted by atomic mass is 10.1. The van der Waals surface area contributed by atoms with E-state index in [1.54, 1.807) is 13.3 Å². The summed E-state index contributed by atoms with van der Waals surface area (Å²) < 4.78 is 5.43. The second-order valence-corrected chi connectivity index (χ2v) is 4.69. The van der Waals surface area contributed by atoms with E-state index in [2.05, 4.69) is 22.4 Å². The second-order valence-electron chi connectivity index (χ2n) is 4.69. The van der Waals surface area contributed by atoms with Crippen LogP contribution >= 0.6 is 0 Å². The van der Waals surface area contributed by atoms with Crippen molar-refractivity contribution in [1.29, 1.82) is 5.26 Å². The van der Waals surface area contributed by atoms with E-state index in [1.807, 2.05) is 19.1 Å². The average Bonchev–Trinajstić information content (AvgIpc) is 2.49. The van der Waals surface area contributed by atoms with Gasteiger partial charge >= 0.3 is 0 Å². The Labute approximate surface area is 119 Å². The Kier molecular flexibility index (Phi) is 4.78. The highest BCUT2D eigenvalue weighted by molar-refractivity contribution is 5.94. The van der Waals surface area contributed by atoms with Gasteiger partial charge in [0.2, 0.25) is 0 Å². The van der Waals surface area contributed by atoms with E-state index in [4.69, 9.17) is 10.00 Å². The summed E-state index contributed by atoms with van der Waals surface area (Å²) >= 11 is 0. The van der Waals surface area contributed by atoms with Crippen LogP contribution in [0.2, 0.25) is 0 Å². The molecule has 1 aromatic heterocycles. The molecule has 1 heterocycles. The maximum atomic E-state index is 8.53. The van der Waals surface area contributed by atoms with Crippen LogP contribution in [0, 0.1) is 18.3 Å². The maximum absolute atomic E-state index is 8.53. The summed E-state index contributed by atoms with van der Waals surface area (Å²) in [5.41, 5.74) is 3.05. The van der Waals surface area contributed by atoms with Crippen molar-refractivity contribution in [3.05, 3.63) is 30.0 Å². The molecule has 20 heavy (non-hydrogen) atoms. The second kappa shape index (κ2) is 6.76. The monoisotopic (exact) mass is 269 g/mol. The molecule has 4 heteroatoms. The number of nitrogens with zero attached hydrogens (tertiary/aromatic N) is 2. The van der Waals surface area contributed by atoms with Crippen LogP contribution in [0.25, 0.3) is 10.9 Å². The molecule has 0 bridgehead atoms. The molecular weight excluding hydrogens is 250 g/mol. The van der Waals surface area contributed by atoms with E-state index in [0.29, 0.717) is 6.42 Å². The summed E-state index contributed by atoms with van der Waals surface area (Å²) in [6.07, 6.45) is 4.29. The average molecular weight is 269 g/mol. The van der Waals surface area contributed by atoms with Crippen molar-refractivity contribution < 1.29 is 4.74 Å². The van der Waals surface area contributed by atoms with Crippen LogP contribution in [0.4, 0.5) is 5.69 Å². The van der Waals surface area contributed by atoms with Gasteiger partial charge in [0.05, 0.1) is 24.4 Å². The molecule has 0 saturated carbocycles. The Bertz CT molecular complexity index is 631. The number of benzene rings is 1. The molecule has 0 saturated heterocycles. The minimum absolute atomic E-state index is 0.609. The first-order valence-electron chi connectivity index (χ1n) is 6.81. The third-order valence-electron chi connectivity index (χ3n) is 3.36. The van der Waals surface area contributed by atoms with E-state index in [0.717, 1.165) is 47.3 Å². The molecule has 0 radical (unpaired) electrons. The molecule has 0 aliphatic heterocycles. The highest BCUT2D eigenvalue weighted by Crippen LogP contribution is 2.32. The molecule has 4 nitrogen and oxygen atoms in total. The summed E-state index contributed by atoms with van der Waals surface area (Å²) in [5.74, 6) is 0.866. The van der Waals surface area contributed by atoms with Gasteiger partial charge < -0.3 is 10.1 Å². The number of anilines is 1. The van der Waals surface area contributed by atoms with E-state index < -0.39 is 0 Å². The fraction of sp³-hybridized carbons (Fsp3) is 0.375. The third-order valence-corrected chi connectivity index (χ3v) is 3.36. The predicted octanol–water partition coefficient (Wildman–Crippen LogP) is 3.66.